The largest absolute Gasteiger partial charge is 0.378 e. The molecular weight excluding hydrogens is 289 g/mol. The van der Waals surface area contributed by atoms with E-state index in [1.807, 2.05) is 0 Å². The maximum Gasteiger partial charge on any atom is 0.221 e. The Morgan fingerprint density at radius 3 is 2.60 bits per heavy atom. The van der Waals surface area contributed by atoms with E-state index in [4.69, 9.17) is 0 Å². The first-order valence-corrected chi connectivity index (χ1v) is 6.58. The molecule has 2 N–H and O–H groups in total. The number of thiophene rings is 1. The van der Waals surface area contributed by atoms with Gasteiger partial charge in [0.05, 0.1) is 17.9 Å². The summed E-state index contributed by atoms with van der Waals surface area (Å²) in [6.45, 7) is 1.57. The first-order chi connectivity index (χ1) is 9.49. The second kappa shape index (κ2) is 5.96. The van der Waals surface area contributed by atoms with E-state index < -0.39 is 17.5 Å². The normalized spacial score (nSPS) is 10.4. The van der Waals surface area contributed by atoms with Gasteiger partial charge in [0, 0.05) is 11.8 Å². The molecule has 0 saturated carbocycles. The molecule has 0 unspecified atom stereocenters. The van der Waals surface area contributed by atoms with Crippen LogP contribution >= 0.6 is 11.3 Å². The van der Waals surface area contributed by atoms with Gasteiger partial charge in [0.25, 0.3) is 0 Å². The lowest BCUT2D eigenvalue weighted by molar-refractivity contribution is -0.114. The highest BCUT2D eigenvalue weighted by atomic mass is 32.1. The van der Waals surface area contributed by atoms with Gasteiger partial charge in [-0.25, -0.2) is 13.2 Å². The SMILES string of the molecule is CC(=O)Nc1ccsc1CNc1ccc(F)c(F)c1F. The average molecular weight is 300 g/mol. The van der Waals surface area contributed by atoms with Crippen LogP contribution in [0.25, 0.3) is 0 Å². The standard InChI is InChI=1S/C13H11F3N2OS/c1-7(19)18-9-4-5-20-11(9)6-17-10-3-2-8(14)12(15)13(10)16/h2-5,17H,6H2,1H3,(H,18,19). The lowest BCUT2D eigenvalue weighted by Gasteiger charge is -2.09. The quantitative estimate of drug-likeness (QED) is 0.845. The van der Waals surface area contributed by atoms with E-state index >= 15 is 0 Å². The summed E-state index contributed by atoms with van der Waals surface area (Å²) >= 11 is 1.36. The number of nitrogens with one attached hydrogen (secondary N) is 2. The van der Waals surface area contributed by atoms with Crippen LogP contribution in [0.15, 0.2) is 23.6 Å². The monoisotopic (exact) mass is 300 g/mol. The molecule has 0 aliphatic carbocycles. The van der Waals surface area contributed by atoms with Crippen molar-refractivity contribution in [3.05, 3.63) is 45.9 Å². The Kier molecular flexibility index (Phi) is 4.29. The van der Waals surface area contributed by atoms with Gasteiger partial charge in [-0.3, -0.25) is 4.79 Å². The van der Waals surface area contributed by atoms with Crippen molar-refractivity contribution in [1.29, 1.82) is 0 Å². The first-order valence-electron chi connectivity index (χ1n) is 5.70. The van der Waals surface area contributed by atoms with Crippen LogP contribution in [0, 0.1) is 17.5 Å². The molecule has 0 aliphatic rings. The Morgan fingerprint density at radius 1 is 1.15 bits per heavy atom. The first kappa shape index (κ1) is 14.4. The molecule has 7 heteroatoms. The molecule has 0 atom stereocenters. The molecule has 0 fully saturated rings. The molecule has 0 saturated heterocycles. The van der Waals surface area contributed by atoms with Crippen LogP contribution < -0.4 is 10.6 Å². The third-order valence-electron chi connectivity index (χ3n) is 2.53. The van der Waals surface area contributed by atoms with E-state index in [0.29, 0.717) is 5.69 Å². The number of halogens is 3. The van der Waals surface area contributed by atoms with Crippen LogP contribution in [0.4, 0.5) is 24.5 Å². The summed E-state index contributed by atoms with van der Waals surface area (Å²) in [6, 6.07) is 3.69. The highest BCUT2D eigenvalue weighted by Crippen LogP contribution is 2.25. The lowest BCUT2D eigenvalue weighted by atomic mass is 10.2. The molecule has 0 aliphatic heterocycles. The highest BCUT2D eigenvalue weighted by molar-refractivity contribution is 7.10. The van der Waals surface area contributed by atoms with Crippen molar-refractivity contribution in [2.45, 2.75) is 13.5 Å². The van der Waals surface area contributed by atoms with Crippen LogP contribution in [0.1, 0.15) is 11.8 Å². The van der Waals surface area contributed by atoms with Gasteiger partial charge in [0.2, 0.25) is 5.91 Å². The van der Waals surface area contributed by atoms with Crippen molar-refractivity contribution in [1.82, 2.24) is 0 Å². The second-order valence-corrected chi connectivity index (χ2v) is 5.02. The van der Waals surface area contributed by atoms with Crippen LogP contribution in [-0.4, -0.2) is 5.91 Å². The zero-order valence-corrected chi connectivity index (χ0v) is 11.3. The molecule has 2 aromatic rings. The molecular formula is C13H11F3N2OS. The second-order valence-electron chi connectivity index (χ2n) is 4.02. The number of amides is 1. The number of benzene rings is 1. The molecule has 0 spiro atoms. The maximum absolute atomic E-state index is 13.5. The van der Waals surface area contributed by atoms with Crippen molar-refractivity contribution in [3.63, 3.8) is 0 Å². The molecule has 106 valence electrons. The predicted octanol–water partition coefficient (Wildman–Crippen LogP) is 3.74. The van der Waals surface area contributed by atoms with Gasteiger partial charge < -0.3 is 10.6 Å². The number of hydrogen-bond donors (Lipinski definition) is 2. The van der Waals surface area contributed by atoms with Gasteiger partial charge in [-0.15, -0.1) is 11.3 Å². The summed E-state index contributed by atoms with van der Waals surface area (Å²) in [4.78, 5) is 11.7. The van der Waals surface area contributed by atoms with Crippen molar-refractivity contribution in [3.8, 4) is 0 Å². The molecule has 0 bridgehead atoms. The summed E-state index contributed by atoms with van der Waals surface area (Å²) in [7, 11) is 0. The van der Waals surface area contributed by atoms with Gasteiger partial charge in [0.1, 0.15) is 0 Å². The fourth-order valence-electron chi connectivity index (χ4n) is 1.62. The molecule has 3 nitrogen and oxygen atoms in total. The molecule has 1 aromatic carbocycles. The Hall–Kier alpha value is -2.02. The molecule has 1 heterocycles. The van der Waals surface area contributed by atoms with Crippen molar-refractivity contribution in [2.75, 3.05) is 10.6 Å². The van der Waals surface area contributed by atoms with E-state index in [1.54, 1.807) is 11.4 Å². The van der Waals surface area contributed by atoms with Crippen molar-refractivity contribution >= 4 is 28.6 Å². The molecule has 2 rings (SSSR count). The summed E-state index contributed by atoms with van der Waals surface area (Å²) in [5.41, 5.74) is 0.476. The minimum Gasteiger partial charge on any atom is -0.378 e. The Labute approximate surface area is 117 Å². The minimum atomic E-state index is -1.51. The number of carbonyl (C=O) groups excluding carboxylic acids is 1. The van der Waals surface area contributed by atoms with Gasteiger partial charge in [-0.1, -0.05) is 0 Å². The third kappa shape index (κ3) is 3.11. The summed E-state index contributed by atoms with van der Waals surface area (Å²) in [6.07, 6.45) is 0. The van der Waals surface area contributed by atoms with Gasteiger partial charge in [-0.05, 0) is 23.6 Å². The zero-order valence-electron chi connectivity index (χ0n) is 10.5. The van der Waals surface area contributed by atoms with Gasteiger partial charge >= 0.3 is 0 Å². The number of anilines is 2. The number of carbonyl (C=O) groups is 1. The minimum absolute atomic E-state index is 0.133. The molecule has 0 radical (unpaired) electrons. The molecule has 1 amide bonds. The van der Waals surface area contributed by atoms with Crippen LogP contribution in [0.2, 0.25) is 0 Å². The fraction of sp³-hybridized carbons (Fsp3) is 0.154. The smallest absolute Gasteiger partial charge is 0.221 e. The maximum atomic E-state index is 13.5. The topological polar surface area (TPSA) is 41.1 Å². The van der Waals surface area contributed by atoms with E-state index in [1.165, 1.54) is 18.3 Å². The van der Waals surface area contributed by atoms with E-state index in [9.17, 15) is 18.0 Å². The van der Waals surface area contributed by atoms with Crippen LogP contribution in [0.5, 0.6) is 0 Å². The number of rotatable bonds is 4. The number of hydrogen-bond acceptors (Lipinski definition) is 3. The summed E-state index contributed by atoms with van der Waals surface area (Å²) in [5.74, 6) is -4.22. The van der Waals surface area contributed by atoms with Gasteiger partial charge in [-0.2, -0.15) is 0 Å². The van der Waals surface area contributed by atoms with E-state index in [0.717, 1.165) is 17.0 Å². The van der Waals surface area contributed by atoms with E-state index in [-0.39, 0.29) is 18.1 Å². The van der Waals surface area contributed by atoms with E-state index in [2.05, 4.69) is 10.6 Å². The Balaban J connectivity index is 2.11. The van der Waals surface area contributed by atoms with Crippen molar-refractivity contribution in [2.24, 2.45) is 0 Å². The molecule has 20 heavy (non-hydrogen) atoms. The average Bonchev–Trinajstić information content (AvgIpc) is 2.82. The summed E-state index contributed by atoms with van der Waals surface area (Å²) in [5, 5.41) is 7.07. The fourth-order valence-corrected chi connectivity index (χ4v) is 2.39. The Bertz CT molecular complexity index is 643. The van der Waals surface area contributed by atoms with Crippen LogP contribution in [-0.2, 0) is 11.3 Å². The van der Waals surface area contributed by atoms with Crippen LogP contribution in [0.3, 0.4) is 0 Å². The zero-order chi connectivity index (χ0) is 14.7. The van der Waals surface area contributed by atoms with Gasteiger partial charge in [0.15, 0.2) is 17.5 Å². The Morgan fingerprint density at radius 2 is 1.90 bits per heavy atom. The van der Waals surface area contributed by atoms with Crippen molar-refractivity contribution < 1.29 is 18.0 Å². The molecule has 1 aromatic heterocycles. The third-order valence-corrected chi connectivity index (χ3v) is 3.45. The lowest BCUT2D eigenvalue weighted by Crippen LogP contribution is -2.09. The predicted molar refractivity (Wildman–Crippen MR) is 72.3 cm³/mol. The summed E-state index contributed by atoms with van der Waals surface area (Å²) < 4.78 is 39.3. The highest BCUT2D eigenvalue weighted by Gasteiger charge is 2.14.